The van der Waals surface area contributed by atoms with Gasteiger partial charge in [-0.25, -0.2) is 4.68 Å². The Bertz CT molecular complexity index is 732. The lowest BCUT2D eigenvalue weighted by Crippen LogP contribution is -2.08. The van der Waals surface area contributed by atoms with Crippen LogP contribution in [0.3, 0.4) is 0 Å². The molecule has 6 heteroatoms. The molecule has 3 aromatic rings. The maximum absolute atomic E-state index is 5.77. The molecule has 0 aliphatic rings. The van der Waals surface area contributed by atoms with E-state index < -0.39 is 0 Å². The molecule has 21 heavy (non-hydrogen) atoms. The van der Waals surface area contributed by atoms with Crippen molar-refractivity contribution in [2.24, 2.45) is 0 Å². The fourth-order valence-corrected chi connectivity index (χ4v) is 2.16. The third kappa shape index (κ3) is 2.73. The van der Waals surface area contributed by atoms with Gasteiger partial charge < -0.3 is 4.90 Å². The first kappa shape index (κ1) is 13.6. The molecule has 0 spiro atoms. The van der Waals surface area contributed by atoms with Gasteiger partial charge in [0.2, 0.25) is 0 Å². The van der Waals surface area contributed by atoms with Crippen LogP contribution in [0.4, 0.5) is 5.69 Å². The molecule has 0 bridgehead atoms. The van der Waals surface area contributed by atoms with Crippen molar-refractivity contribution >= 4 is 17.3 Å². The standard InChI is InChI=1S/C15H14ClN5/c1-20(2)12-5-3-11(4-6-12)13-9-10-17-21(13)15-8-7-14(16)18-19-15/h3-10H,1-2H3. The number of benzene rings is 1. The topological polar surface area (TPSA) is 46.8 Å². The summed E-state index contributed by atoms with van der Waals surface area (Å²) in [4.78, 5) is 2.06. The average Bonchev–Trinajstić information content (AvgIpc) is 2.97. The maximum Gasteiger partial charge on any atom is 0.176 e. The quantitative estimate of drug-likeness (QED) is 0.746. The highest BCUT2D eigenvalue weighted by molar-refractivity contribution is 6.29. The molecule has 0 unspecified atom stereocenters. The van der Waals surface area contributed by atoms with Gasteiger partial charge in [0.25, 0.3) is 0 Å². The first-order valence-corrected chi connectivity index (χ1v) is 6.84. The number of hydrogen-bond donors (Lipinski definition) is 0. The maximum atomic E-state index is 5.77. The lowest BCUT2D eigenvalue weighted by Gasteiger charge is -2.13. The zero-order valence-electron chi connectivity index (χ0n) is 11.7. The number of rotatable bonds is 3. The van der Waals surface area contributed by atoms with Crippen molar-refractivity contribution in [3.05, 3.63) is 53.8 Å². The van der Waals surface area contributed by atoms with E-state index in [0.29, 0.717) is 11.0 Å². The van der Waals surface area contributed by atoms with Crippen molar-refractivity contribution < 1.29 is 0 Å². The van der Waals surface area contributed by atoms with E-state index in [-0.39, 0.29) is 0 Å². The second-order valence-electron chi connectivity index (χ2n) is 4.78. The fraction of sp³-hybridized carbons (Fsp3) is 0.133. The Hall–Kier alpha value is -2.40. The van der Waals surface area contributed by atoms with Crippen molar-refractivity contribution in [2.45, 2.75) is 0 Å². The van der Waals surface area contributed by atoms with E-state index in [1.165, 1.54) is 0 Å². The summed E-state index contributed by atoms with van der Waals surface area (Å²) in [6.07, 6.45) is 1.74. The molecule has 1 aromatic carbocycles. The lowest BCUT2D eigenvalue weighted by atomic mass is 10.1. The van der Waals surface area contributed by atoms with E-state index >= 15 is 0 Å². The van der Waals surface area contributed by atoms with E-state index in [9.17, 15) is 0 Å². The summed E-state index contributed by atoms with van der Waals surface area (Å²) in [5.41, 5.74) is 3.17. The average molecular weight is 300 g/mol. The number of nitrogens with zero attached hydrogens (tertiary/aromatic N) is 5. The number of halogens is 1. The normalized spacial score (nSPS) is 10.6. The van der Waals surface area contributed by atoms with Crippen LogP contribution >= 0.6 is 11.6 Å². The van der Waals surface area contributed by atoms with Gasteiger partial charge in [-0.3, -0.25) is 0 Å². The van der Waals surface area contributed by atoms with Crippen LogP contribution in [0.2, 0.25) is 5.15 Å². The van der Waals surface area contributed by atoms with Crippen molar-refractivity contribution in [3.63, 3.8) is 0 Å². The van der Waals surface area contributed by atoms with Crippen LogP contribution in [-0.4, -0.2) is 34.1 Å². The molecule has 0 aliphatic heterocycles. The van der Waals surface area contributed by atoms with Crippen LogP contribution in [0.5, 0.6) is 0 Å². The third-order valence-corrected chi connectivity index (χ3v) is 3.36. The van der Waals surface area contributed by atoms with Gasteiger partial charge in [0.1, 0.15) is 0 Å². The molecule has 5 nitrogen and oxygen atoms in total. The lowest BCUT2D eigenvalue weighted by molar-refractivity contribution is 0.820. The van der Waals surface area contributed by atoms with Gasteiger partial charge in [-0.2, -0.15) is 5.10 Å². The Morgan fingerprint density at radius 1 is 0.952 bits per heavy atom. The predicted molar refractivity (Wildman–Crippen MR) is 83.9 cm³/mol. The van der Waals surface area contributed by atoms with Gasteiger partial charge in [-0.15, -0.1) is 10.2 Å². The van der Waals surface area contributed by atoms with Crippen molar-refractivity contribution in [1.82, 2.24) is 20.0 Å². The van der Waals surface area contributed by atoms with Crippen molar-refractivity contribution in [2.75, 3.05) is 19.0 Å². The molecule has 0 aliphatic carbocycles. The second-order valence-corrected chi connectivity index (χ2v) is 5.17. The molecular formula is C15H14ClN5. The molecule has 106 valence electrons. The predicted octanol–water partition coefficient (Wildman–Crippen LogP) is 3.05. The van der Waals surface area contributed by atoms with Gasteiger partial charge in [0.05, 0.1) is 11.9 Å². The van der Waals surface area contributed by atoms with Crippen molar-refractivity contribution in [1.29, 1.82) is 0 Å². The summed E-state index contributed by atoms with van der Waals surface area (Å²) in [6, 6.07) is 13.7. The van der Waals surface area contributed by atoms with Crippen molar-refractivity contribution in [3.8, 4) is 17.1 Å². The zero-order valence-corrected chi connectivity index (χ0v) is 12.5. The summed E-state index contributed by atoms with van der Waals surface area (Å²) in [7, 11) is 4.03. The molecule has 2 aromatic heterocycles. The highest BCUT2D eigenvalue weighted by atomic mass is 35.5. The van der Waals surface area contributed by atoms with Gasteiger partial charge in [0.15, 0.2) is 11.0 Å². The minimum atomic E-state index is 0.364. The van der Waals surface area contributed by atoms with E-state index in [4.69, 9.17) is 11.6 Å². The highest BCUT2D eigenvalue weighted by Gasteiger charge is 2.09. The van der Waals surface area contributed by atoms with Crippen LogP contribution in [0, 0.1) is 0 Å². The molecule has 2 heterocycles. The van der Waals surface area contributed by atoms with Crippen LogP contribution in [-0.2, 0) is 0 Å². The zero-order chi connectivity index (χ0) is 14.8. The van der Waals surface area contributed by atoms with E-state index in [1.54, 1.807) is 23.0 Å². The summed E-state index contributed by atoms with van der Waals surface area (Å²) < 4.78 is 1.74. The van der Waals surface area contributed by atoms with E-state index in [2.05, 4.69) is 44.5 Å². The van der Waals surface area contributed by atoms with Gasteiger partial charge in [-0.1, -0.05) is 23.7 Å². The Morgan fingerprint density at radius 3 is 2.33 bits per heavy atom. The molecule has 0 saturated carbocycles. The molecule has 0 saturated heterocycles. The Morgan fingerprint density at radius 2 is 1.71 bits per heavy atom. The largest absolute Gasteiger partial charge is 0.378 e. The summed E-state index contributed by atoms with van der Waals surface area (Å²) in [6.45, 7) is 0. The highest BCUT2D eigenvalue weighted by Crippen LogP contribution is 2.24. The summed E-state index contributed by atoms with van der Waals surface area (Å²) in [5, 5.41) is 12.6. The first-order chi connectivity index (χ1) is 10.1. The molecular weight excluding hydrogens is 286 g/mol. The molecule has 0 radical (unpaired) electrons. The Kier molecular flexibility index (Phi) is 3.58. The minimum absolute atomic E-state index is 0.364. The molecule has 0 atom stereocenters. The molecule has 0 amide bonds. The van der Waals surface area contributed by atoms with E-state index in [0.717, 1.165) is 16.9 Å². The number of anilines is 1. The van der Waals surface area contributed by atoms with Gasteiger partial charge in [0, 0.05) is 25.3 Å². The van der Waals surface area contributed by atoms with E-state index in [1.807, 2.05) is 20.2 Å². The number of aromatic nitrogens is 4. The van der Waals surface area contributed by atoms with Crippen LogP contribution in [0.25, 0.3) is 17.1 Å². The second kappa shape index (κ2) is 5.54. The van der Waals surface area contributed by atoms with Crippen LogP contribution in [0.1, 0.15) is 0 Å². The molecule has 0 N–H and O–H groups in total. The molecule has 0 fully saturated rings. The Balaban J connectivity index is 2.00. The SMILES string of the molecule is CN(C)c1ccc(-c2ccnn2-c2ccc(Cl)nn2)cc1. The summed E-state index contributed by atoms with van der Waals surface area (Å²) in [5.74, 6) is 0.635. The monoisotopic (exact) mass is 299 g/mol. The van der Waals surface area contributed by atoms with Gasteiger partial charge >= 0.3 is 0 Å². The van der Waals surface area contributed by atoms with Crippen LogP contribution < -0.4 is 4.90 Å². The first-order valence-electron chi connectivity index (χ1n) is 6.46. The summed E-state index contributed by atoms with van der Waals surface area (Å²) >= 11 is 5.77. The van der Waals surface area contributed by atoms with Crippen LogP contribution in [0.15, 0.2) is 48.7 Å². The van der Waals surface area contributed by atoms with Gasteiger partial charge in [-0.05, 0) is 30.3 Å². The number of hydrogen-bond acceptors (Lipinski definition) is 4. The fourth-order valence-electron chi connectivity index (χ4n) is 2.06. The molecule has 3 rings (SSSR count). The third-order valence-electron chi connectivity index (χ3n) is 3.16. The Labute approximate surface area is 127 Å². The smallest absolute Gasteiger partial charge is 0.176 e. The minimum Gasteiger partial charge on any atom is -0.378 e.